The number of hydrogen-bond donors (Lipinski definition) is 1. The lowest BCUT2D eigenvalue weighted by atomic mass is 10.1. The average molecular weight is 318 g/mol. The predicted octanol–water partition coefficient (Wildman–Crippen LogP) is 3.35. The summed E-state index contributed by atoms with van der Waals surface area (Å²) in [7, 11) is 3.52. The standard InChI is InChI=1S/C18H23FN2O2/c1-13-11-14(19)6-8-16(13)17-9-7-15(23-17)12-20-10-4-5-18(22)21(2)3/h6-9,11,20H,4-5,10,12H2,1-3H3. The fraction of sp³-hybridized carbons (Fsp3) is 0.389. The van der Waals surface area contributed by atoms with Crippen LogP contribution in [-0.4, -0.2) is 31.4 Å². The molecule has 1 heterocycles. The molecule has 0 atom stereocenters. The monoisotopic (exact) mass is 318 g/mol. The molecule has 0 unspecified atom stereocenters. The maximum atomic E-state index is 13.1. The van der Waals surface area contributed by atoms with Crippen LogP contribution in [0.5, 0.6) is 0 Å². The van der Waals surface area contributed by atoms with Gasteiger partial charge in [-0.1, -0.05) is 0 Å². The van der Waals surface area contributed by atoms with E-state index in [4.69, 9.17) is 4.42 Å². The van der Waals surface area contributed by atoms with Crippen molar-refractivity contribution in [2.75, 3.05) is 20.6 Å². The van der Waals surface area contributed by atoms with Crippen LogP contribution in [0, 0.1) is 12.7 Å². The molecule has 1 N–H and O–H groups in total. The number of amides is 1. The molecule has 124 valence electrons. The van der Waals surface area contributed by atoms with E-state index in [1.165, 1.54) is 12.1 Å². The average Bonchev–Trinajstić information content (AvgIpc) is 2.95. The summed E-state index contributed by atoms with van der Waals surface area (Å²) >= 11 is 0. The molecule has 5 heteroatoms. The molecule has 0 bridgehead atoms. The van der Waals surface area contributed by atoms with Gasteiger partial charge >= 0.3 is 0 Å². The van der Waals surface area contributed by atoms with Gasteiger partial charge in [-0.3, -0.25) is 4.79 Å². The minimum Gasteiger partial charge on any atom is -0.460 e. The van der Waals surface area contributed by atoms with Crippen molar-refractivity contribution in [3.8, 4) is 11.3 Å². The molecule has 4 nitrogen and oxygen atoms in total. The van der Waals surface area contributed by atoms with E-state index in [1.54, 1.807) is 25.1 Å². The normalized spacial score (nSPS) is 10.8. The van der Waals surface area contributed by atoms with Crippen molar-refractivity contribution >= 4 is 5.91 Å². The van der Waals surface area contributed by atoms with Crippen LogP contribution in [0.4, 0.5) is 4.39 Å². The Morgan fingerprint density at radius 3 is 2.74 bits per heavy atom. The first kappa shape index (κ1) is 17.2. The Morgan fingerprint density at radius 1 is 1.26 bits per heavy atom. The van der Waals surface area contributed by atoms with Crippen molar-refractivity contribution in [1.82, 2.24) is 10.2 Å². The van der Waals surface area contributed by atoms with Gasteiger partial charge < -0.3 is 14.6 Å². The second kappa shape index (κ2) is 7.92. The van der Waals surface area contributed by atoms with Crippen molar-refractivity contribution in [3.05, 3.63) is 47.5 Å². The van der Waals surface area contributed by atoms with Crippen LogP contribution >= 0.6 is 0 Å². The molecule has 0 saturated carbocycles. The van der Waals surface area contributed by atoms with E-state index in [-0.39, 0.29) is 11.7 Å². The highest BCUT2D eigenvalue weighted by Gasteiger charge is 2.08. The van der Waals surface area contributed by atoms with E-state index in [2.05, 4.69) is 5.32 Å². The van der Waals surface area contributed by atoms with Gasteiger partial charge in [-0.25, -0.2) is 4.39 Å². The fourth-order valence-corrected chi connectivity index (χ4v) is 2.32. The number of nitrogens with one attached hydrogen (secondary N) is 1. The second-order valence-electron chi connectivity index (χ2n) is 5.79. The van der Waals surface area contributed by atoms with Crippen molar-refractivity contribution in [1.29, 1.82) is 0 Å². The van der Waals surface area contributed by atoms with Gasteiger partial charge in [0.1, 0.15) is 17.3 Å². The Labute approximate surface area is 136 Å². The minimum absolute atomic E-state index is 0.138. The minimum atomic E-state index is -0.244. The number of carbonyl (C=O) groups excluding carboxylic acids is 1. The number of aryl methyl sites for hydroxylation is 1. The zero-order valence-electron chi connectivity index (χ0n) is 13.9. The number of furan rings is 1. The van der Waals surface area contributed by atoms with E-state index in [1.807, 2.05) is 19.1 Å². The number of carbonyl (C=O) groups is 1. The second-order valence-corrected chi connectivity index (χ2v) is 5.79. The lowest BCUT2D eigenvalue weighted by molar-refractivity contribution is -0.128. The molecule has 0 fully saturated rings. The third-order valence-electron chi connectivity index (χ3n) is 3.66. The van der Waals surface area contributed by atoms with E-state index >= 15 is 0 Å². The molecule has 0 aliphatic rings. The van der Waals surface area contributed by atoms with E-state index in [0.29, 0.717) is 13.0 Å². The summed E-state index contributed by atoms with van der Waals surface area (Å²) in [6.45, 7) is 3.22. The van der Waals surface area contributed by atoms with Crippen LogP contribution in [-0.2, 0) is 11.3 Å². The predicted molar refractivity (Wildman–Crippen MR) is 88.5 cm³/mol. The van der Waals surface area contributed by atoms with Crippen LogP contribution in [0.15, 0.2) is 34.7 Å². The maximum Gasteiger partial charge on any atom is 0.222 e. The first-order valence-electron chi connectivity index (χ1n) is 7.73. The Kier molecular flexibility index (Phi) is 5.93. The van der Waals surface area contributed by atoms with Crippen molar-refractivity contribution in [2.45, 2.75) is 26.3 Å². The summed E-state index contributed by atoms with van der Waals surface area (Å²) < 4.78 is 18.9. The molecule has 0 aliphatic heterocycles. The largest absolute Gasteiger partial charge is 0.460 e. The highest BCUT2D eigenvalue weighted by Crippen LogP contribution is 2.26. The van der Waals surface area contributed by atoms with Crippen LogP contribution in [0.25, 0.3) is 11.3 Å². The first-order chi connectivity index (χ1) is 11.0. The molecule has 2 aromatic rings. The van der Waals surface area contributed by atoms with Gasteiger partial charge in [0.2, 0.25) is 5.91 Å². The number of hydrogen-bond acceptors (Lipinski definition) is 3. The highest BCUT2D eigenvalue weighted by molar-refractivity contribution is 5.75. The van der Waals surface area contributed by atoms with Gasteiger partial charge in [0, 0.05) is 26.1 Å². The SMILES string of the molecule is Cc1cc(F)ccc1-c1ccc(CNCCCC(=O)N(C)C)o1. The van der Waals surface area contributed by atoms with Crippen LogP contribution in [0.3, 0.4) is 0 Å². The van der Waals surface area contributed by atoms with Gasteiger partial charge in [0.25, 0.3) is 0 Å². The number of halogens is 1. The first-order valence-corrected chi connectivity index (χ1v) is 7.73. The van der Waals surface area contributed by atoms with Gasteiger partial charge in [0.15, 0.2) is 0 Å². The third-order valence-corrected chi connectivity index (χ3v) is 3.66. The zero-order valence-corrected chi connectivity index (χ0v) is 13.9. The van der Waals surface area contributed by atoms with Gasteiger partial charge in [-0.2, -0.15) is 0 Å². The summed E-state index contributed by atoms with van der Waals surface area (Å²) in [4.78, 5) is 13.0. The molecule has 2 rings (SSSR count). The van der Waals surface area contributed by atoms with Gasteiger partial charge in [0.05, 0.1) is 6.54 Å². The highest BCUT2D eigenvalue weighted by atomic mass is 19.1. The van der Waals surface area contributed by atoms with Gasteiger partial charge in [-0.15, -0.1) is 0 Å². The molecule has 0 aliphatic carbocycles. The lowest BCUT2D eigenvalue weighted by Gasteiger charge is -2.09. The Bertz CT molecular complexity index is 665. The Morgan fingerprint density at radius 2 is 2.04 bits per heavy atom. The number of nitrogens with zero attached hydrogens (tertiary/aromatic N) is 1. The molecule has 0 radical (unpaired) electrons. The molecule has 1 aromatic heterocycles. The summed E-state index contributed by atoms with van der Waals surface area (Å²) in [5, 5.41) is 3.26. The fourth-order valence-electron chi connectivity index (χ4n) is 2.32. The Balaban J connectivity index is 1.82. The summed E-state index contributed by atoms with van der Waals surface area (Å²) in [6, 6.07) is 8.47. The summed E-state index contributed by atoms with van der Waals surface area (Å²) in [5.74, 6) is 1.45. The summed E-state index contributed by atoms with van der Waals surface area (Å²) in [6.07, 6.45) is 1.33. The van der Waals surface area contributed by atoms with E-state index < -0.39 is 0 Å². The molecule has 0 saturated heterocycles. The third kappa shape index (κ3) is 4.93. The van der Waals surface area contributed by atoms with E-state index in [0.717, 1.165) is 35.6 Å². The molecule has 0 spiro atoms. The molecular weight excluding hydrogens is 295 g/mol. The topological polar surface area (TPSA) is 45.5 Å². The number of benzene rings is 1. The molecule has 1 amide bonds. The summed E-state index contributed by atoms with van der Waals surface area (Å²) in [5.41, 5.74) is 1.75. The van der Waals surface area contributed by atoms with Crippen molar-refractivity contribution in [2.24, 2.45) is 0 Å². The van der Waals surface area contributed by atoms with Crippen molar-refractivity contribution < 1.29 is 13.6 Å². The van der Waals surface area contributed by atoms with Crippen LogP contribution in [0.1, 0.15) is 24.2 Å². The molecule has 23 heavy (non-hydrogen) atoms. The van der Waals surface area contributed by atoms with Crippen LogP contribution in [0.2, 0.25) is 0 Å². The van der Waals surface area contributed by atoms with Gasteiger partial charge in [-0.05, 0) is 55.8 Å². The lowest BCUT2D eigenvalue weighted by Crippen LogP contribution is -2.23. The number of rotatable bonds is 7. The smallest absolute Gasteiger partial charge is 0.222 e. The quantitative estimate of drug-likeness (QED) is 0.796. The van der Waals surface area contributed by atoms with Crippen LogP contribution < -0.4 is 5.32 Å². The molecular formula is C18H23FN2O2. The van der Waals surface area contributed by atoms with Crippen molar-refractivity contribution in [3.63, 3.8) is 0 Å². The molecule has 1 aromatic carbocycles. The van der Waals surface area contributed by atoms with E-state index in [9.17, 15) is 9.18 Å². The maximum absolute atomic E-state index is 13.1. The Hall–Kier alpha value is -2.14. The zero-order chi connectivity index (χ0) is 16.8.